The minimum atomic E-state index is -2.28. The Kier molecular flexibility index (Phi) is 8.09. The molecule has 0 aromatic heterocycles. The van der Waals surface area contributed by atoms with Gasteiger partial charge in [-0.25, -0.2) is 0 Å². The Morgan fingerprint density at radius 3 is 2.05 bits per heavy atom. The topological polar surface area (TPSA) is 164 Å². The number of ether oxygens (including phenoxy) is 6. The van der Waals surface area contributed by atoms with Gasteiger partial charge in [0, 0.05) is 40.0 Å². The van der Waals surface area contributed by atoms with E-state index < -0.39 is 94.2 Å². The molecule has 4 rings (SSSR count). The molecule has 11 atom stereocenters. The van der Waals surface area contributed by atoms with E-state index in [0.29, 0.717) is 0 Å². The van der Waals surface area contributed by atoms with Crippen molar-refractivity contribution < 1.29 is 57.5 Å². The Bertz CT molecular complexity index is 1190. The molecule has 0 radical (unpaired) electrons. The van der Waals surface area contributed by atoms with Crippen molar-refractivity contribution in [3.8, 4) is 0 Å². The number of fused-ring (bicyclic) bond motifs is 3. The summed E-state index contributed by atoms with van der Waals surface area (Å²) in [4.78, 5) is 62.8. The predicted molar refractivity (Wildman–Crippen MR) is 139 cm³/mol. The summed E-state index contributed by atoms with van der Waals surface area (Å²) in [6, 6.07) is 0. The summed E-state index contributed by atoms with van der Waals surface area (Å²) in [5, 5.41) is 11.3. The van der Waals surface area contributed by atoms with Crippen molar-refractivity contribution >= 4 is 41.4 Å². The fourth-order valence-corrected chi connectivity index (χ4v) is 7.13. The normalized spacial score (nSPS) is 44.0. The van der Waals surface area contributed by atoms with Gasteiger partial charge >= 0.3 is 29.8 Å². The molecule has 2 heterocycles. The van der Waals surface area contributed by atoms with Gasteiger partial charge in [0.2, 0.25) is 0 Å². The number of carbonyl (C=O) groups excluding carboxylic acids is 5. The third-order valence-corrected chi connectivity index (χ3v) is 9.28. The first-order valence-corrected chi connectivity index (χ1v) is 13.7. The van der Waals surface area contributed by atoms with E-state index in [-0.39, 0.29) is 18.6 Å². The summed E-state index contributed by atoms with van der Waals surface area (Å²) >= 11 is 6.73. The van der Waals surface area contributed by atoms with Gasteiger partial charge in [-0.2, -0.15) is 0 Å². The summed E-state index contributed by atoms with van der Waals surface area (Å²) in [7, 11) is 0. The lowest BCUT2D eigenvalue weighted by Crippen LogP contribution is -2.72. The molecule has 0 aromatic carbocycles. The Labute approximate surface area is 242 Å². The summed E-state index contributed by atoms with van der Waals surface area (Å²) in [5.41, 5.74) is -5.00. The van der Waals surface area contributed by atoms with Gasteiger partial charge in [-0.1, -0.05) is 19.6 Å². The molecular formula is C28H35ClO12. The van der Waals surface area contributed by atoms with Crippen molar-refractivity contribution in [3.63, 3.8) is 0 Å². The molecule has 12 nitrogen and oxygen atoms in total. The molecule has 226 valence electrons. The molecule has 4 aliphatic rings. The third-order valence-electron chi connectivity index (χ3n) is 8.77. The van der Waals surface area contributed by atoms with Gasteiger partial charge in [-0.3, -0.25) is 24.0 Å². The number of hydrogen-bond acceptors (Lipinski definition) is 12. The van der Waals surface area contributed by atoms with Crippen molar-refractivity contribution in [2.45, 2.75) is 95.1 Å². The number of epoxide rings is 1. The minimum absolute atomic E-state index is 0.0206. The maximum absolute atomic E-state index is 13.0. The highest BCUT2D eigenvalue weighted by molar-refractivity contribution is 6.23. The van der Waals surface area contributed by atoms with E-state index in [1.165, 1.54) is 39.8 Å². The van der Waals surface area contributed by atoms with Gasteiger partial charge in [0.25, 0.3) is 0 Å². The van der Waals surface area contributed by atoms with Gasteiger partial charge < -0.3 is 33.5 Å². The van der Waals surface area contributed by atoms with Gasteiger partial charge in [-0.15, -0.1) is 11.6 Å². The second-order valence-electron chi connectivity index (χ2n) is 11.4. The zero-order chi connectivity index (χ0) is 30.7. The summed E-state index contributed by atoms with van der Waals surface area (Å²) < 4.78 is 34.7. The van der Waals surface area contributed by atoms with Gasteiger partial charge in [0.1, 0.15) is 30.0 Å². The number of hydrogen-bond donors (Lipinski definition) is 1. The van der Waals surface area contributed by atoms with Crippen molar-refractivity contribution in [1.82, 2.24) is 0 Å². The van der Waals surface area contributed by atoms with Crippen LogP contribution in [0, 0.1) is 17.3 Å². The van der Waals surface area contributed by atoms with E-state index >= 15 is 0 Å². The van der Waals surface area contributed by atoms with E-state index in [1.807, 2.05) is 0 Å². The lowest BCUT2D eigenvalue weighted by molar-refractivity contribution is -0.254. The Morgan fingerprint density at radius 1 is 1.00 bits per heavy atom. The lowest BCUT2D eigenvalue weighted by atomic mass is 9.52. The van der Waals surface area contributed by atoms with E-state index in [9.17, 15) is 29.1 Å². The van der Waals surface area contributed by atoms with Crippen LogP contribution < -0.4 is 0 Å². The number of allylic oxidation sites excluding steroid dienone is 1. The summed E-state index contributed by atoms with van der Waals surface area (Å²) in [5.74, 6) is -6.15. The van der Waals surface area contributed by atoms with Crippen LogP contribution in [0.1, 0.15) is 48.0 Å². The maximum Gasteiger partial charge on any atom is 0.312 e. The highest BCUT2D eigenvalue weighted by Gasteiger charge is 2.78. The van der Waals surface area contributed by atoms with Gasteiger partial charge in [0.15, 0.2) is 11.7 Å². The summed E-state index contributed by atoms with van der Waals surface area (Å²) in [6.45, 7) is 11.7. The second kappa shape index (κ2) is 10.7. The first-order chi connectivity index (χ1) is 19.0. The molecule has 1 N–H and O–H groups in total. The van der Waals surface area contributed by atoms with Crippen LogP contribution in [0.25, 0.3) is 0 Å². The average Bonchev–Trinajstić information content (AvgIpc) is 3.61. The molecule has 3 fully saturated rings. The van der Waals surface area contributed by atoms with Gasteiger partial charge in [0.05, 0.1) is 23.3 Å². The number of rotatable bonds is 4. The monoisotopic (exact) mass is 598 g/mol. The Balaban J connectivity index is 2.09. The zero-order valence-corrected chi connectivity index (χ0v) is 24.5. The molecule has 0 amide bonds. The standard InChI is InChI=1S/C28H35ClO12/c1-12-8-9-18(37-14(3)30)26(7)19(38-15(4)31)10-20(39-16(5)32)27(11-36-27)22(26)24(40-17(6)33)28(35)13(2)25(34)41-23(28)21(12)29/h8-9,13,18-24,35H,1,10-11H2,2-7H3/b9-8+/t13-,18-,19-,20-,21+,22-,23-,24-,26-,27-,28+/m1/s1. The molecule has 2 aliphatic carbocycles. The number of halogens is 1. The van der Waals surface area contributed by atoms with Crippen LogP contribution >= 0.6 is 11.6 Å². The SMILES string of the molecule is C=C1/C=C/[C@@H](OC(C)=O)[C@]2(C)[C@H](OC(C)=O)C[C@@H](OC(C)=O)[C@]3(CO3)[C@@H]2[C@@H](OC(C)=O)[C@]2(O)[C@H](C)C(=O)O[C@@H]2[C@H]1Cl. The van der Waals surface area contributed by atoms with Crippen LogP contribution in [-0.2, 0) is 52.4 Å². The quantitative estimate of drug-likeness (QED) is 0.215. The second-order valence-corrected chi connectivity index (χ2v) is 11.9. The highest BCUT2D eigenvalue weighted by Crippen LogP contribution is 2.63. The van der Waals surface area contributed by atoms with E-state index in [1.54, 1.807) is 6.92 Å². The number of carbonyl (C=O) groups is 5. The maximum atomic E-state index is 13.0. The van der Waals surface area contributed by atoms with E-state index in [2.05, 4.69) is 6.58 Å². The first kappa shape index (κ1) is 31.0. The van der Waals surface area contributed by atoms with Crippen LogP contribution in [0.4, 0.5) is 0 Å². The number of aliphatic hydroxyl groups is 1. The summed E-state index contributed by atoms with van der Waals surface area (Å²) in [6.07, 6.45) is -3.54. The van der Waals surface area contributed by atoms with Gasteiger partial charge in [-0.05, 0) is 18.6 Å². The average molecular weight is 599 g/mol. The van der Waals surface area contributed by atoms with E-state index in [4.69, 9.17) is 40.0 Å². The Morgan fingerprint density at radius 2 is 1.54 bits per heavy atom. The van der Waals surface area contributed by atoms with Crippen LogP contribution in [0.5, 0.6) is 0 Å². The molecule has 2 aliphatic heterocycles. The van der Waals surface area contributed by atoms with Crippen LogP contribution in [0.3, 0.4) is 0 Å². The Hall–Kier alpha value is -2.96. The molecule has 13 heteroatoms. The van der Waals surface area contributed by atoms with Crippen molar-refractivity contribution in [2.75, 3.05) is 6.61 Å². The van der Waals surface area contributed by atoms with E-state index in [0.717, 1.165) is 6.92 Å². The number of esters is 5. The minimum Gasteiger partial charge on any atom is -0.462 e. The molecule has 1 saturated carbocycles. The van der Waals surface area contributed by atoms with Crippen LogP contribution in [0.2, 0.25) is 0 Å². The fraction of sp³-hybridized carbons (Fsp3) is 0.679. The van der Waals surface area contributed by atoms with Crippen LogP contribution in [0.15, 0.2) is 24.3 Å². The molecule has 0 bridgehead atoms. The van der Waals surface area contributed by atoms with Crippen molar-refractivity contribution in [1.29, 1.82) is 0 Å². The smallest absolute Gasteiger partial charge is 0.312 e. The van der Waals surface area contributed by atoms with Crippen molar-refractivity contribution in [3.05, 3.63) is 24.3 Å². The molecule has 0 aromatic rings. The first-order valence-electron chi connectivity index (χ1n) is 13.3. The third kappa shape index (κ3) is 5.03. The largest absolute Gasteiger partial charge is 0.462 e. The number of alkyl halides is 1. The molecule has 0 unspecified atom stereocenters. The predicted octanol–water partition coefficient (Wildman–Crippen LogP) is 1.53. The molecule has 1 spiro atoms. The van der Waals surface area contributed by atoms with Crippen LogP contribution in [-0.4, -0.2) is 88.7 Å². The highest BCUT2D eigenvalue weighted by atomic mass is 35.5. The molecule has 41 heavy (non-hydrogen) atoms. The zero-order valence-electron chi connectivity index (χ0n) is 23.7. The lowest BCUT2D eigenvalue weighted by Gasteiger charge is -2.57. The van der Waals surface area contributed by atoms with Crippen molar-refractivity contribution in [2.24, 2.45) is 17.3 Å². The fourth-order valence-electron chi connectivity index (χ4n) is 6.81. The molecule has 2 saturated heterocycles. The molecular weight excluding hydrogens is 564 g/mol.